The predicted molar refractivity (Wildman–Crippen MR) is 148 cm³/mol. The minimum atomic E-state index is -0.988. The molecule has 6 aromatic rings. The molecule has 0 fully saturated rings. The molecule has 0 saturated carbocycles. The Morgan fingerprint density at radius 3 is 1.32 bits per heavy atom. The second kappa shape index (κ2) is 9.51. The molecule has 37 heavy (non-hydrogen) atoms. The molecule has 0 aliphatic rings. The standard InChI is InChI=1S/C33H22N2O2/c36-33(37)28-19-20-29-30(21-28)35-32(27-17-13-25(14-18-27)23-9-5-2-6-10-23)31(34-29)26-15-11-24(12-16-26)22-7-3-1-4-8-22/h1-21H,(H,36,37). The fourth-order valence-corrected chi connectivity index (χ4v) is 4.49. The molecular weight excluding hydrogens is 456 g/mol. The number of carbonyl (C=O) groups is 1. The molecule has 0 saturated heterocycles. The van der Waals surface area contributed by atoms with Crippen molar-refractivity contribution in [3.8, 4) is 44.8 Å². The van der Waals surface area contributed by atoms with Crippen LogP contribution in [-0.4, -0.2) is 21.0 Å². The molecule has 0 aliphatic heterocycles. The zero-order valence-electron chi connectivity index (χ0n) is 19.9. The van der Waals surface area contributed by atoms with E-state index in [9.17, 15) is 9.90 Å². The van der Waals surface area contributed by atoms with Gasteiger partial charge in [-0.1, -0.05) is 109 Å². The van der Waals surface area contributed by atoms with Gasteiger partial charge in [0.15, 0.2) is 0 Å². The van der Waals surface area contributed by atoms with E-state index in [-0.39, 0.29) is 5.56 Å². The van der Waals surface area contributed by atoms with Crippen LogP contribution in [0.25, 0.3) is 55.8 Å². The summed E-state index contributed by atoms with van der Waals surface area (Å²) in [4.78, 5) is 21.4. The summed E-state index contributed by atoms with van der Waals surface area (Å²) in [7, 11) is 0. The molecule has 0 bridgehead atoms. The van der Waals surface area contributed by atoms with Crippen molar-refractivity contribution in [2.24, 2.45) is 0 Å². The third kappa shape index (κ3) is 4.48. The number of hydrogen-bond acceptors (Lipinski definition) is 3. The summed E-state index contributed by atoms with van der Waals surface area (Å²) >= 11 is 0. The lowest BCUT2D eigenvalue weighted by atomic mass is 9.98. The summed E-state index contributed by atoms with van der Waals surface area (Å²) in [5, 5.41) is 9.47. The van der Waals surface area contributed by atoms with E-state index >= 15 is 0 Å². The van der Waals surface area contributed by atoms with Gasteiger partial charge in [0, 0.05) is 11.1 Å². The Kier molecular flexibility index (Phi) is 5.75. The van der Waals surface area contributed by atoms with Crippen LogP contribution in [-0.2, 0) is 0 Å². The molecule has 1 N–H and O–H groups in total. The quantitative estimate of drug-likeness (QED) is 0.273. The van der Waals surface area contributed by atoms with Gasteiger partial charge in [-0.25, -0.2) is 14.8 Å². The molecule has 0 amide bonds. The van der Waals surface area contributed by atoms with Crippen molar-refractivity contribution in [2.75, 3.05) is 0 Å². The first-order valence-corrected chi connectivity index (χ1v) is 12.0. The highest BCUT2D eigenvalue weighted by atomic mass is 16.4. The van der Waals surface area contributed by atoms with Gasteiger partial charge in [-0.05, 0) is 40.5 Å². The SMILES string of the molecule is O=C(O)c1ccc2nc(-c3ccc(-c4ccccc4)cc3)c(-c3ccc(-c4ccccc4)cc3)nc2c1. The first-order valence-electron chi connectivity index (χ1n) is 12.0. The van der Waals surface area contributed by atoms with Crippen LogP contribution in [0.3, 0.4) is 0 Å². The van der Waals surface area contributed by atoms with Gasteiger partial charge in [0.1, 0.15) is 0 Å². The molecule has 4 nitrogen and oxygen atoms in total. The molecule has 0 atom stereocenters. The Bertz CT molecular complexity index is 1710. The fraction of sp³-hybridized carbons (Fsp3) is 0. The van der Waals surface area contributed by atoms with E-state index in [2.05, 4.69) is 60.7 Å². The minimum Gasteiger partial charge on any atom is -0.478 e. The smallest absolute Gasteiger partial charge is 0.335 e. The van der Waals surface area contributed by atoms with Crippen molar-refractivity contribution in [3.63, 3.8) is 0 Å². The maximum Gasteiger partial charge on any atom is 0.335 e. The van der Waals surface area contributed by atoms with Gasteiger partial charge >= 0.3 is 5.97 Å². The summed E-state index contributed by atoms with van der Waals surface area (Å²) in [6.45, 7) is 0. The maximum atomic E-state index is 11.6. The summed E-state index contributed by atoms with van der Waals surface area (Å²) < 4.78 is 0. The summed E-state index contributed by atoms with van der Waals surface area (Å²) in [5.41, 5.74) is 9.23. The second-order valence-corrected chi connectivity index (χ2v) is 8.82. The number of carboxylic acids is 1. The molecule has 1 heterocycles. The number of aromatic carboxylic acids is 1. The van der Waals surface area contributed by atoms with Crippen LogP contribution < -0.4 is 0 Å². The minimum absolute atomic E-state index is 0.187. The second-order valence-electron chi connectivity index (χ2n) is 8.82. The molecule has 4 heteroatoms. The van der Waals surface area contributed by atoms with Gasteiger partial charge in [-0.3, -0.25) is 0 Å². The van der Waals surface area contributed by atoms with Crippen LogP contribution in [0.2, 0.25) is 0 Å². The van der Waals surface area contributed by atoms with Gasteiger partial charge in [-0.2, -0.15) is 0 Å². The highest BCUT2D eigenvalue weighted by molar-refractivity contribution is 5.94. The van der Waals surface area contributed by atoms with E-state index in [1.807, 2.05) is 48.5 Å². The third-order valence-corrected chi connectivity index (χ3v) is 6.44. The molecule has 0 radical (unpaired) electrons. The number of rotatable bonds is 5. The van der Waals surface area contributed by atoms with Crippen molar-refractivity contribution in [1.29, 1.82) is 0 Å². The Hall–Kier alpha value is -5.09. The highest BCUT2D eigenvalue weighted by Crippen LogP contribution is 2.33. The third-order valence-electron chi connectivity index (χ3n) is 6.44. The molecule has 176 valence electrons. The number of fused-ring (bicyclic) bond motifs is 1. The van der Waals surface area contributed by atoms with Gasteiger partial charge in [0.2, 0.25) is 0 Å². The van der Waals surface area contributed by atoms with Crippen LogP contribution in [0, 0.1) is 0 Å². The fourth-order valence-electron chi connectivity index (χ4n) is 4.49. The lowest BCUT2D eigenvalue weighted by Crippen LogP contribution is -1.99. The van der Waals surface area contributed by atoms with Crippen LogP contribution in [0.4, 0.5) is 0 Å². The summed E-state index contributed by atoms with van der Waals surface area (Å²) in [6.07, 6.45) is 0. The molecule has 0 spiro atoms. The summed E-state index contributed by atoms with van der Waals surface area (Å²) in [6, 6.07) is 41.9. The van der Waals surface area contributed by atoms with E-state index in [4.69, 9.17) is 9.97 Å². The normalized spacial score (nSPS) is 10.9. The molecule has 1 aromatic heterocycles. The van der Waals surface area contributed by atoms with Gasteiger partial charge < -0.3 is 5.11 Å². The number of benzene rings is 5. The molecule has 6 rings (SSSR count). The van der Waals surface area contributed by atoms with Gasteiger partial charge in [-0.15, -0.1) is 0 Å². The molecule has 0 unspecified atom stereocenters. The van der Waals surface area contributed by atoms with Crippen LogP contribution >= 0.6 is 0 Å². The largest absolute Gasteiger partial charge is 0.478 e. The van der Waals surface area contributed by atoms with Crippen molar-refractivity contribution in [3.05, 3.63) is 133 Å². The zero-order chi connectivity index (χ0) is 25.2. The maximum absolute atomic E-state index is 11.6. The van der Waals surface area contributed by atoms with Crippen LogP contribution in [0.15, 0.2) is 127 Å². The number of nitrogens with zero attached hydrogens (tertiary/aromatic N) is 2. The van der Waals surface area contributed by atoms with Crippen molar-refractivity contribution in [2.45, 2.75) is 0 Å². The van der Waals surface area contributed by atoms with Gasteiger partial charge in [0.25, 0.3) is 0 Å². The first-order chi connectivity index (χ1) is 18.2. The van der Waals surface area contributed by atoms with Crippen LogP contribution in [0.1, 0.15) is 10.4 Å². The first kappa shape index (κ1) is 22.4. The Labute approximate surface area is 214 Å². The van der Waals surface area contributed by atoms with E-state index in [1.165, 1.54) is 0 Å². The Balaban J connectivity index is 1.48. The van der Waals surface area contributed by atoms with Crippen molar-refractivity contribution in [1.82, 2.24) is 9.97 Å². The Morgan fingerprint density at radius 2 is 0.865 bits per heavy atom. The monoisotopic (exact) mass is 478 g/mol. The lowest BCUT2D eigenvalue weighted by molar-refractivity contribution is 0.0697. The van der Waals surface area contributed by atoms with Gasteiger partial charge in [0.05, 0.1) is 28.0 Å². The molecule has 5 aromatic carbocycles. The van der Waals surface area contributed by atoms with Crippen LogP contribution in [0.5, 0.6) is 0 Å². The molecule has 0 aliphatic carbocycles. The van der Waals surface area contributed by atoms with E-state index in [0.717, 1.165) is 39.1 Å². The summed E-state index contributed by atoms with van der Waals surface area (Å²) in [5.74, 6) is -0.988. The van der Waals surface area contributed by atoms with E-state index < -0.39 is 5.97 Å². The topological polar surface area (TPSA) is 63.1 Å². The number of carboxylic acid groups (broad SMARTS) is 1. The van der Waals surface area contributed by atoms with Crippen molar-refractivity contribution < 1.29 is 9.90 Å². The van der Waals surface area contributed by atoms with Crippen molar-refractivity contribution >= 4 is 17.0 Å². The lowest BCUT2D eigenvalue weighted by Gasteiger charge is -2.12. The zero-order valence-corrected chi connectivity index (χ0v) is 19.9. The van der Waals surface area contributed by atoms with E-state index in [0.29, 0.717) is 16.7 Å². The average molecular weight is 479 g/mol. The number of aromatic nitrogens is 2. The highest BCUT2D eigenvalue weighted by Gasteiger charge is 2.15. The predicted octanol–water partition coefficient (Wildman–Crippen LogP) is 8.00. The Morgan fingerprint density at radius 1 is 0.459 bits per heavy atom. The average Bonchev–Trinajstić information content (AvgIpc) is 2.97. The van der Waals surface area contributed by atoms with E-state index in [1.54, 1.807) is 18.2 Å². The number of hydrogen-bond donors (Lipinski definition) is 1. The molecular formula is C33H22N2O2.